The van der Waals surface area contributed by atoms with Crippen LogP contribution in [-0.2, 0) is 38.8 Å². The van der Waals surface area contributed by atoms with Gasteiger partial charge >= 0.3 is 6.18 Å². The zero-order chi connectivity index (χ0) is 31.9. The highest BCUT2D eigenvalue weighted by Crippen LogP contribution is 2.33. The molecule has 0 spiro atoms. The maximum absolute atomic E-state index is 14.2. The summed E-state index contributed by atoms with van der Waals surface area (Å²) in [6.45, 7) is -1.07. The number of alkyl halides is 3. The maximum Gasteiger partial charge on any atom is 0.416 e. The SMILES string of the molecule is CNC(=O)C(Cc1ccccc1)N(Cc1ccccc1Cl)C(=O)CN(c1cccc(C(F)(F)F)c1)S(=O)(=O)c1ccccc1. The summed E-state index contributed by atoms with van der Waals surface area (Å²) in [6.07, 6.45) is -4.69. The van der Waals surface area contributed by atoms with Crippen LogP contribution in [0.3, 0.4) is 0 Å². The minimum Gasteiger partial charge on any atom is -0.357 e. The number of hydrogen-bond acceptors (Lipinski definition) is 4. The van der Waals surface area contributed by atoms with Gasteiger partial charge in [0.2, 0.25) is 11.8 Å². The van der Waals surface area contributed by atoms with Crippen molar-refractivity contribution in [3.8, 4) is 0 Å². The molecular weight excluding hydrogens is 615 g/mol. The summed E-state index contributed by atoms with van der Waals surface area (Å²) in [4.78, 5) is 28.5. The zero-order valence-corrected chi connectivity index (χ0v) is 25.1. The topological polar surface area (TPSA) is 86.8 Å². The van der Waals surface area contributed by atoms with Crippen LogP contribution in [0.5, 0.6) is 0 Å². The third kappa shape index (κ3) is 7.78. The fourth-order valence-corrected chi connectivity index (χ4v) is 6.24. The Labute approximate surface area is 258 Å². The molecule has 230 valence electrons. The lowest BCUT2D eigenvalue weighted by Gasteiger charge is -2.34. The van der Waals surface area contributed by atoms with E-state index >= 15 is 0 Å². The van der Waals surface area contributed by atoms with Gasteiger partial charge in [-0.1, -0.05) is 84.4 Å². The molecule has 7 nitrogen and oxygen atoms in total. The second kappa shape index (κ2) is 14.0. The molecule has 0 aliphatic rings. The molecule has 2 amide bonds. The molecule has 4 aromatic carbocycles. The molecule has 12 heteroatoms. The van der Waals surface area contributed by atoms with Crippen LogP contribution in [0.4, 0.5) is 18.9 Å². The van der Waals surface area contributed by atoms with Crippen molar-refractivity contribution in [2.24, 2.45) is 0 Å². The summed E-state index contributed by atoms with van der Waals surface area (Å²) in [5, 5.41) is 2.88. The van der Waals surface area contributed by atoms with Gasteiger partial charge in [0.05, 0.1) is 16.1 Å². The number of halogens is 4. The zero-order valence-electron chi connectivity index (χ0n) is 23.5. The highest BCUT2D eigenvalue weighted by molar-refractivity contribution is 7.92. The Bertz CT molecular complexity index is 1700. The number of likely N-dealkylation sites (N-methyl/N-ethyl adjacent to an activating group) is 1. The normalized spacial score (nSPS) is 12.3. The van der Waals surface area contributed by atoms with E-state index in [0.717, 1.165) is 17.7 Å². The summed E-state index contributed by atoms with van der Waals surface area (Å²) in [6, 6.07) is 25.3. The molecule has 0 heterocycles. The lowest BCUT2D eigenvalue weighted by Crippen LogP contribution is -2.53. The molecule has 0 saturated heterocycles. The Morgan fingerprint density at radius 1 is 0.864 bits per heavy atom. The number of nitrogens with zero attached hydrogens (tertiary/aromatic N) is 2. The smallest absolute Gasteiger partial charge is 0.357 e. The van der Waals surface area contributed by atoms with E-state index in [1.54, 1.807) is 60.7 Å². The quantitative estimate of drug-likeness (QED) is 0.219. The van der Waals surface area contributed by atoms with E-state index in [1.807, 2.05) is 0 Å². The molecule has 1 atom stereocenters. The number of nitrogens with one attached hydrogen (secondary N) is 1. The van der Waals surface area contributed by atoms with Gasteiger partial charge in [-0.2, -0.15) is 13.2 Å². The summed E-state index contributed by atoms with van der Waals surface area (Å²) in [5.74, 6) is -1.35. The van der Waals surface area contributed by atoms with E-state index in [9.17, 15) is 31.2 Å². The summed E-state index contributed by atoms with van der Waals surface area (Å²) >= 11 is 6.41. The molecule has 0 bridgehead atoms. The molecule has 44 heavy (non-hydrogen) atoms. The fraction of sp³-hybridized carbons (Fsp3) is 0.188. The monoisotopic (exact) mass is 643 g/mol. The largest absolute Gasteiger partial charge is 0.416 e. The molecule has 0 saturated carbocycles. The van der Waals surface area contributed by atoms with Gasteiger partial charge in [0.15, 0.2) is 0 Å². The van der Waals surface area contributed by atoms with Crippen molar-refractivity contribution < 1.29 is 31.2 Å². The van der Waals surface area contributed by atoms with Crippen molar-refractivity contribution in [1.29, 1.82) is 0 Å². The van der Waals surface area contributed by atoms with Crippen molar-refractivity contribution in [2.75, 3.05) is 17.9 Å². The van der Waals surface area contributed by atoms with Gasteiger partial charge in [0.25, 0.3) is 10.0 Å². The number of carbonyl (C=O) groups excluding carboxylic acids is 2. The minimum absolute atomic E-state index is 0.0751. The highest BCUT2D eigenvalue weighted by atomic mass is 35.5. The molecule has 1 N–H and O–H groups in total. The van der Waals surface area contributed by atoms with Crippen molar-refractivity contribution in [3.63, 3.8) is 0 Å². The predicted octanol–water partition coefficient (Wildman–Crippen LogP) is 5.94. The first kappa shape index (κ1) is 32.6. The summed E-state index contributed by atoms with van der Waals surface area (Å²) in [7, 11) is -3.13. The molecule has 0 aliphatic heterocycles. The van der Waals surface area contributed by atoms with Crippen molar-refractivity contribution in [1.82, 2.24) is 10.2 Å². The van der Waals surface area contributed by atoms with Crippen LogP contribution in [0.2, 0.25) is 5.02 Å². The molecule has 4 rings (SSSR count). The van der Waals surface area contributed by atoms with Crippen LogP contribution < -0.4 is 9.62 Å². The number of rotatable bonds is 11. The van der Waals surface area contributed by atoms with Gasteiger partial charge in [-0.3, -0.25) is 13.9 Å². The van der Waals surface area contributed by atoms with Gasteiger partial charge in [-0.25, -0.2) is 8.42 Å². The van der Waals surface area contributed by atoms with Crippen LogP contribution in [0.1, 0.15) is 16.7 Å². The average molecular weight is 644 g/mol. The number of benzene rings is 4. The summed E-state index contributed by atoms with van der Waals surface area (Å²) in [5.41, 5.74) is -0.240. The Morgan fingerprint density at radius 3 is 2.09 bits per heavy atom. The number of anilines is 1. The van der Waals surface area contributed by atoms with Gasteiger partial charge in [-0.05, 0) is 47.5 Å². The second-order valence-electron chi connectivity index (χ2n) is 9.81. The van der Waals surface area contributed by atoms with Crippen molar-refractivity contribution in [3.05, 3.63) is 131 Å². The Kier molecular flexibility index (Phi) is 10.3. The number of sulfonamides is 1. The van der Waals surface area contributed by atoms with Crippen LogP contribution in [0.15, 0.2) is 114 Å². The van der Waals surface area contributed by atoms with Crippen molar-refractivity contribution >= 4 is 39.1 Å². The Balaban J connectivity index is 1.83. The maximum atomic E-state index is 14.2. The van der Waals surface area contributed by atoms with Gasteiger partial charge in [0.1, 0.15) is 12.6 Å². The molecule has 0 fully saturated rings. The number of carbonyl (C=O) groups is 2. The van der Waals surface area contributed by atoms with Crippen LogP contribution in [0.25, 0.3) is 0 Å². The first-order valence-electron chi connectivity index (χ1n) is 13.4. The standard InChI is InChI=1S/C32H29ClF3N3O4S/c1-37-31(41)29(19-23-11-4-2-5-12-23)38(21-24-13-8-9-18-28(24)33)30(40)22-39(44(42,43)27-16-6-3-7-17-27)26-15-10-14-25(20-26)32(34,35)36/h2-18,20,29H,19,21-22H2,1H3,(H,37,41). The number of hydrogen-bond donors (Lipinski definition) is 1. The van der Waals surface area contributed by atoms with E-state index < -0.39 is 46.2 Å². The average Bonchev–Trinajstić information content (AvgIpc) is 3.02. The molecular formula is C32H29ClF3N3O4S. The molecule has 4 aromatic rings. The Hall–Kier alpha value is -4.35. The highest BCUT2D eigenvalue weighted by Gasteiger charge is 2.36. The lowest BCUT2D eigenvalue weighted by atomic mass is 10.0. The molecule has 0 aromatic heterocycles. The van der Waals surface area contributed by atoms with E-state index in [-0.39, 0.29) is 23.5 Å². The minimum atomic E-state index is -4.77. The van der Waals surface area contributed by atoms with Gasteiger partial charge in [0, 0.05) is 25.0 Å². The molecule has 0 aliphatic carbocycles. The summed E-state index contributed by atoms with van der Waals surface area (Å²) < 4.78 is 69.4. The second-order valence-corrected chi connectivity index (χ2v) is 12.1. The van der Waals surface area contributed by atoms with Crippen LogP contribution >= 0.6 is 11.6 Å². The van der Waals surface area contributed by atoms with E-state index in [0.29, 0.717) is 21.0 Å². The van der Waals surface area contributed by atoms with E-state index in [1.165, 1.54) is 42.3 Å². The van der Waals surface area contributed by atoms with E-state index in [2.05, 4.69) is 5.32 Å². The first-order chi connectivity index (χ1) is 20.9. The van der Waals surface area contributed by atoms with Gasteiger partial charge < -0.3 is 10.2 Å². The van der Waals surface area contributed by atoms with Crippen LogP contribution in [-0.4, -0.2) is 44.8 Å². The van der Waals surface area contributed by atoms with Gasteiger partial charge in [-0.15, -0.1) is 0 Å². The number of amides is 2. The Morgan fingerprint density at radius 2 is 1.48 bits per heavy atom. The lowest BCUT2D eigenvalue weighted by molar-refractivity contribution is -0.139. The van der Waals surface area contributed by atoms with E-state index in [4.69, 9.17) is 11.6 Å². The third-order valence-electron chi connectivity index (χ3n) is 6.89. The van der Waals surface area contributed by atoms with Crippen LogP contribution in [0, 0.1) is 0 Å². The molecule has 1 unspecified atom stereocenters. The fourth-order valence-electron chi connectivity index (χ4n) is 4.62. The predicted molar refractivity (Wildman–Crippen MR) is 162 cm³/mol. The molecule has 0 radical (unpaired) electrons. The third-order valence-corrected chi connectivity index (χ3v) is 9.04. The van der Waals surface area contributed by atoms with Crippen molar-refractivity contribution in [2.45, 2.75) is 30.1 Å². The first-order valence-corrected chi connectivity index (χ1v) is 15.3.